The molecule has 5 rings (SSSR count). The molecule has 30 heavy (non-hydrogen) atoms. The van der Waals surface area contributed by atoms with Gasteiger partial charge in [0.05, 0.1) is 23.7 Å². The van der Waals surface area contributed by atoms with Gasteiger partial charge in [-0.25, -0.2) is 9.37 Å². The number of benzene rings is 1. The van der Waals surface area contributed by atoms with Gasteiger partial charge in [-0.15, -0.1) is 0 Å². The van der Waals surface area contributed by atoms with Gasteiger partial charge in [-0.05, 0) is 38.0 Å². The highest BCUT2D eigenvalue weighted by atomic mass is 19.1. The number of imidazole rings is 1. The SMILES string of the molecule is COCC(C)n1c(=O)c2c(-c3noc(C4CCCO4)n3)ncn2c2ccc(F)cc21. The Morgan fingerprint density at radius 2 is 2.23 bits per heavy atom. The highest BCUT2D eigenvalue weighted by Crippen LogP contribution is 2.30. The Kier molecular flexibility index (Phi) is 4.59. The fraction of sp³-hybridized carbons (Fsp3) is 0.400. The molecule has 2 atom stereocenters. The Morgan fingerprint density at radius 3 is 3.00 bits per heavy atom. The molecule has 1 aromatic carbocycles. The first-order chi connectivity index (χ1) is 14.6. The molecule has 9 nitrogen and oxygen atoms in total. The molecule has 1 fully saturated rings. The van der Waals surface area contributed by atoms with E-state index in [0.717, 1.165) is 12.8 Å². The molecule has 156 valence electrons. The van der Waals surface area contributed by atoms with Crippen LogP contribution in [0.4, 0.5) is 4.39 Å². The molecule has 1 aliphatic rings. The lowest BCUT2D eigenvalue weighted by Crippen LogP contribution is -2.28. The number of fused-ring (bicyclic) bond motifs is 3. The summed E-state index contributed by atoms with van der Waals surface area (Å²) in [5, 5.41) is 4.02. The molecule has 4 aromatic rings. The van der Waals surface area contributed by atoms with Crippen molar-refractivity contribution in [3.05, 3.63) is 46.6 Å². The molecule has 2 unspecified atom stereocenters. The third-order valence-corrected chi connectivity index (χ3v) is 5.35. The van der Waals surface area contributed by atoms with Crippen LogP contribution in [0.15, 0.2) is 33.8 Å². The van der Waals surface area contributed by atoms with Gasteiger partial charge in [0, 0.05) is 13.7 Å². The van der Waals surface area contributed by atoms with E-state index in [1.165, 1.54) is 23.0 Å². The molecule has 0 spiro atoms. The van der Waals surface area contributed by atoms with Crippen molar-refractivity contribution in [3.8, 4) is 11.5 Å². The highest BCUT2D eigenvalue weighted by molar-refractivity contribution is 5.83. The number of ether oxygens (including phenoxy) is 2. The molecule has 0 amide bonds. The van der Waals surface area contributed by atoms with Crippen molar-refractivity contribution in [1.29, 1.82) is 0 Å². The predicted molar refractivity (Wildman–Crippen MR) is 105 cm³/mol. The van der Waals surface area contributed by atoms with E-state index in [1.807, 2.05) is 6.92 Å². The van der Waals surface area contributed by atoms with Crippen LogP contribution in [0.5, 0.6) is 0 Å². The van der Waals surface area contributed by atoms with Gasteiger partial charge in [0.1, 0.15) is 29.5 Å². The second-order valence-electron chi connectivity index (χ2n) is 7.38. The maximum atomic E-state index is 14.0. The van der Waals surface area contributed by atoms with E-state index in [2.05, 4.69) is 15.1 Å². The van der Waals surface area contributed by atoms with Gasteiger partial charge in [-0.1, -0.05) is 5.16 Å². The van der Waals surface area contributed by atoms with Crippen molar-refractivity contribution in [2.45, 2.75) is 31.9 Å². The average Bonchev–Trinajstić information content (AvgIpc) is 3.47. The molecule has 0 bridgehead atoms. The highest BCUT2D eigenvalue weighted by Gasteiger charge is 2.27. The molecular weight excluding hydrogens is 393 g/mol. The lowest BCUT2D eigenvalue weighted by molar-refractivity contribution is 0.0835. The molecular formula is C20H20FN5O4. The summed E-state index contributed by atoms with van der Waals surface area (Å²) in [7, 11) is 1.55. The van der Waals surface area contributed by atoms with Crippen LogP contribution in [0.2, 0.25) is 0 Å². The summed E-state index contributed by atoms with van der Waals surface area (Å²) < 4.78 is 33.3. The lowest BCUT2D eigenvalue weighted by atomic mass is 10.2. The zero-order valence-corrected chi connectivity index (χ0v) is 16.5. The summed E-state index contributed by atoms with van der Waals surface area (Å²) in [4.78, 5) is 22.3. The van der Waals surface area contributed by atoms with E-state index in [-0.39, 0.29) is 35.7 Å². The number of methoxy groups -OCH3 is 1. The first kappa shape index (κ1) is 18.9. The molecule has 0 saturated carbocycles. The summed E-state index contributed by atoms with van der Waals surface area (Å²) in [6.45, 7) is 2.78. The topological polar surface area (TPSA) is 96.7 Å². The van der Waals surface area contributed by atoms with Gasteiger partial charge >= 0.3 is 0 Å². The Labute approximate surface area is 170 Å². The molecule has 0 aliphatic carbocycles. The van der Waals surface area contributed by atoms with Gasteiger partial charge in [0.15, 0.2) is 0 Å². The van der Waals surface area contributed by atoms with Gasteiger partial charge < -0.3 is 14.0 Å². The first-order valence-corrected chi connectivity index (χ1v) is 9.74. The van der Waals surface area contributed by atoms with Crippen LogP contribution < -0.4 is 5.56 Å². The van der Waals surface area contributed by atoms with E-state index in [0.29, 0.717) is 29.2 Å². The molecule has 0 N–H and O–H groups in total. The minimum atomic E-state index is -0.431. The minimum absolute atomic E-state index is 0.215. The normalized spacial score (nSPS) is 17.9. The van der Waals surface area contributed by atoms with Crippen molar-refractivity contribution in [2.24, 2.45) is 0 Å². The van der Waals surface area contributed by atoms with E-state index in [9.17, 15) is 9.18 Å². The van der Waals surface area contributed by atoms with Crippen LogP contribution in [0.25, 0.3) is 28.1 Å². The third kappa shape index (κ3) is 2.91. The fourth-order valence-electron chi connectivity index (χ4n) is 4.00. The monoisotopic (exact) mass is 413 g/mol. The summed E-state index contributed by atoms with van der Waals surface area (Å²) >= 11 is 0. The van der Waals surface area contributed by atoms with Crippen molar-refractivity contribution >= 4 is 16.6 Å². The maximum absolute atomic E-state index is 14.0. The molecule has 10 heteroatoms. The van der Waals surface area contributed by atoms with Gasteiger partial charge in [-0.2, -0.15) is 4.98 Å². The van der Waals surface area contributed by atoms with E-state index in [4.69, 9.17) is 14.0 Å². The maximum Gasteiger partial charge on any atom is 0.278 e. The molecule has 3 aromatic heterocycles. The number of aromatic nitrogens is 5. The van der Waals surface area contributed by atoms with Crippen molar-refractivity contribution in [3.63, 3.8) is 0 Å². The van der Waals surface area contributed by atoms with Gasteiger partial charge in [-0.3, -0.25) is 13.8 Å². The Morgan fingerprint density at radius 1 is 1.37 bits per heavy atom. The third-order valence-electron chi connectivity index (χ3n) is 5.35. The van der Waals surface area contributed by atoms with Crippen molar-refractivity contribution in [2.75, 3.05) is 20.3 Å². The second-order valence-corrected chi connectivity index (χ2v) is 7.38. The molecule has 0 radical (unpaired) electrons. The van der Waals surface area contributed by atoms with Crippen LogP contribution in [-0.4, -0.2) is 44.4 Å². The number of rotatable bonds is 5. The van der Waals surface area contributed by atoms with Crippen LogP contribution in [-0.2, 0) is 9.47 Å². The van der Waals surface area contributed by atoms with Crippen molar-refractivity contribution < 1.29 is 18.4 Å². The van der Waals surface area contributed by atoms with E-state index >= 15 is 0 Å². The Bertz CT molecular complexity index is 1290. The number of hydrogen-bond donors (Lipinski definition) is 0. The number of nitrogens with zero attached hydrogens (tertiary/aromatic N) is 5. The van der Waals surface area contributed by atoms with Crippen LogP contribution in [0.1, 0.15) is 37.8 Å². The Balaban J connectivity index is 1.75. The summed E-state index contributed by atoms with van der Waals surface area (Å²) in [5.41, 5.74) is 1.34. The van der Waals surface area contributed by atoms with E-state index < -0.39 is 5.82 Å². The Hall–Kier alpha value is -3.11. The first-order valence-electron chi connectivity index (χ1n) is 9.74. The summed E-state index contributed by atoms with van der Waals surface area (Å²) in [5.74, 6) is 0.159. The smallest absolute Gasteiger partial charge is 0.278 e. The fourth-order valence-corrected chi connectivity index (χ4v) is 4.00. The van der Waals surface area contributed by atoms with Crippen molar-refractivity contribution in [1.82, 2.24) is 24.1 Å². The second kappa shape index (κ2) is 7.29. The van der Waals surface area contributed by atoms with Crippen LogP contribution in [0, 0.1) is 5.82 Å². The molecule has 4 heterocycles. The molecule has 1 saturated heterocycles. The predicted octanol–water partition coefficient (Wildman–Crippen LogP) is 2.90. The zero-order chi connectivity index (χ0) is 20.8. The lowest BCUT2D eigenvalue weighted by Gasteiger charge is -2.18. The quantitative estimate of drug-likeness (QED) is 0.496. The van der Waals surface area contributed by atoms with Gasteiger partial charge in [0.25, 0.3) is 11.4 Å². The minimum Gasteiger partial charge on any atom is -0.383 e. The summed E-state index contributed by atoms with van der Waals surface area (Å²) in [6, 6.07) is 3.98. The van der Waals surface area contributed by atoms with Gasteiger partial charge in [0.2, 0.25) is 5.82 Å². The standard InChI is InChI=1S/C20H20FN5O4/c1-11(9-28-2)26-14-8-12(21)5-6-13(14)25-10-22-16(17(25)20(26)27)18-23-19(30-24-18)15-4-3-7-29-15/h5-6,8,10-11,15H,3-4,7,9H2,1-2H3. The number of hydrogen-bond acceptors (Lipinski definition) is 7. The average molecular weight is 413 g/mol. The number of halogens is 1. The molecule has 1 aliphatic heterocycles. The largest absolute Gasteiger partial charge is 0.383 e. The summed E-state index contributed by atoms with van der Waals surface area (Å²) in [6.07, 6.45) is 3.02. The zero-order valence-electron chi connectivity index (χ0n) is 16.5. The van der Waals surface area contributed by atoms with Crippen LogP contribution >= 0.6 is 0 Å². The van der Waals surface area contributed by atoms with Crippen LogP contribution in [0.3, 0.4) is 0 Å². The van der Waals surface area contributed by atoms with E-state index in [1.54, 1.807) is 17.6 Å².